The zero-order chi connectivity index (χ0) is 13.9. The molecule has 0 bridgehead atoms. The van der Waals surface area contributed by atoms with Gasteiger partial charge in [-0.05, 0) is 56.7 Å². The Bertz CT molecular complexity index is 397. The molecule has 1 saturated carbocycles. The molecule has 2 fully saturated rings. The van der Waals surface area contributed by atoms with Crippen LogP contribution in [0, 0.1) is 5.92 Å². The zero-order valence-corrected chi connectivity index (χ0v) is 12.6. The third-order valence-corrected chi connectivity index (χ3v) is 5.36. The SMILES string of the molecule is CCC(N)C(c1ccco1)N1CCCC1C1CCCC1. The van der Waals surface area contributed by atoms with Crippen molar-refractivity contribution in [2.75, 3.05) is 6.54 Å². The minimum Gasteiger partial charge on any atom is -0.468 e. The van der Waals surface area contributed by atoms with E-state index in [0.29, 0.717) is 0 Å². The Hall–Kier alpha value is -0.800. The van der Waals surface area contributed by atoms with Crippen molar-refractivity contribution < 1.29 is 4.42 Å². The molecule has 1 aromatic heterocycles. The van der Waals surface area contributed by atoms with E-state index < -0.39 is 0 Å². The first-order chi connectivity index (χ1) is 9.81. The lowest BCUT2D eigenvalue weighted by molar-refractivity contribution is 0.101. The fraction of sp³-hybridized carbons (Fsp3) is 0.765. The molecule has 3 rings (SSSR count). The van der Waals surface area contributed by atoms with Crippen molar-refractivity contribution in [3.63, 3.8) is 0 Å². The summed E-state index contributed by atoms with van der Waals surface area (Å²) in [5.74, 6) is 1.95. The summed E-state index contributed by atoms with van der Waals surface area (Å²) in [6.45, 7) is 3.36. The number of nitrogens with zero attached hydrogens (tertiary/aromatic N) is 1. The summed E-state index contributed by atoms with van der Waals surface area (Å²) in [5.41, 5.74) is 6.45. The molecule has 2 heterocycles. The van der Waals surface area contributed by atoms with Gasteiger partial charge in [0, 0.05) is 12.1 Å². The third kappa shape index (κ3) is 2.66. The van der Waals surface area contributed by atoms with Gasteiger partial charge in [-0.3, -0.25) is 4.90 Å². The van der Waals surface area contributed by atoms with Crippen molar-refractivity contribution in [2.45, 2.75) is 70.0 Å². The van der Waals surface area contributed by atoms with Crippen LogP contribution in [0.2, 0.25) is 0 Å². The number of rotatable bonds is 5. The van der Waals surface area contributed by atoms with Gasteiger partial charge >= 0.3 is 0 Å². The average molecular weight is 276 g/mol. The largest absolute Gasteiger partial charge is 0.468 e. The number of furan rings is 1. The van der Waals surface area contributed by atoms with Gasteiger partial charge in [0.1, 0.15) is 5.76 Å². The minimum atomic E-state index is 0.170. The maximum Gasteiger partial charge on any atom is 0.122 e. The van der Waals surface area contributed by atoms with Crippen LogP contribution in [0.1, 0.15) is 63.7 Å². The Labute approximate surface area is 122 Å². The average Bonchev–Trinajstić information content (AvgIpc) is 3.20. The number of hydrogen-bond donors (Lipinski definition) is 1. The molecule has 112 valence electrons. The predicted octanol–water partition coefficient (Wildman–Crippen LogP) is 3.71. The fourth-order valence-corrected chi connectivity index (χ4v) is 4.31. The van der Waals surface area contributed by atoms with E-state index >= 15 is 0 Å². The van der Waals surface area contributed by atoms with Crippen LogP contribution in [0.25, 0.3) is 0 Å². The van der Waals surface area contributed by atoms with Crippen LogP contribution in [-0.4, -0.2) is 23.5 Å². The second-order valence-electron chi connectivity index (χ2n) is 6.52. The Morgan fingerprint density at radius 3 is 2.75 bits per heavy atom. The Morgan fingerprint density at radius 1 is 1.30 bits per heavy atom. The van der Waals surface area contributed by atoms with Crippen molar-refractivity contribution in [3.05, 3.63) is 24.2 Å². The summed E-state index contributed by atoms with van der Waals surface area (Å²) in [6, 6.07) is 5.26. The summed E-state index contributed by atoms with van der Waals surface area (Å²) < 4.78 is 5.72. The molecule has 0 radical (unpaired) electrons. The molecule has 1 aliphatic carbocycles. The molecule has 1 aromatic rings. The van der Waals surface area contributed by atoms with Gasteiger partial charge in [0.25, 0.3) is 0 Å². The highest BCUT2D eigenvalue weighted by Gasteiger charge is 2.40. The molecule has 3 nitrogen and oxygen atoms in total. The van der Waals surface area contributed by atoms with E-state index in [-0.39, 0.29) is 12.1 Å². The molecule has 20 heavy (non-hydrogen) atoms. The highest BCUT2D eigenvalue weighted by atomic mass is 16.3. The first kappa shape index (κ1) is 14.2. The first-order valence-electron chi connectivity index (χ1n) is 8.36. The Balaban J connectivity index is 1.82. The monoisotopic (exact) mass is 276 g/mol. The van der Waals surface area contributed by atoms with Crippen molar-refractivity contribution in [1.82, 2.24) is 4.90 Å². The van der Waals surface area contributed by atoms with E-state index in [9.17, 15) is 0 Å². The lowest BCUT2D eigenvalue weighted by atomic mass is 9.93. The molecule has 3 heteroatoms. The normalized spacial score (nSPS) is 28.0. The fourth-order valence-electron chi connectivity index (χ4n) is 4.31. The summed E-state index contributed by atoms with van der Waals surface area (Å²) >= 11 is 0. The van der Waals surface area contributed by atoms with Gasteiger partial charge in [0.15, 0.2) is 0 Å². The van der Waals surface area contributed by atoms with Gasteiger partial charge in [-0.1, -0.05) is 19.8 Å². The van der Waals surface area contributed by atoms with E-state index in [1.807, 2.05) is 6.07 Å². The van der Waals surface area contributed by atoms with Crippen LogP contribution in [-0.2, 0) is 0 Å². The lowest BCUT2D eigenvalue weighted by Gasteiger charge is -2.37. The maximum absolute atomic E-state index is 6.45. The van der Waals surface area contributed by atoms with E-state index in [0.717, 1.165) is 24.1 Å². The second-order valence-corrected chi connectivity index (χ2v) is 6.52. The van der Waals surface area contributed by atoms with Crippen LogP contribution in [0.5, 0.6) is 0 Å². The molecule has 0 spiro atoms. The van der Waals surface area contributed by atoms with Crippen LogP contribution in [0.15, 0.2) is 22.8 Å². The quantitative estimate of drug-likeness (QED) is 0.891. The topological polar surface area (TPSA) is 42.4 Å². The molecule has 0 aromatic carbocycles. The summed E-state index contributed by atoms with van der Waals surface area (Å²) in [4.78, 5) is 2.67. The van der Waals surface area contributed by atoms with Gasteiger partial charge < -0.3 is 10.2 Å². The van der Waals surface area contributed by atoms with Crippen LogP contribution < -0.4 is 5.73 Å². The molecule has 2 N–H and O–H groups in total. The first-order valence-corrected chi connectivity index (χ1v) is 8.36. The number of hydrogen-bond acceptors (Lipinski definition) is 3. The van der Waals surface area contributed by atoms with E-state index in [4.69, 9.17) is 10.2 Å². The van der Waals surface area contributed by atoms with Crippen molar-refractivity contribution in [3.8, 4) is 0 Å². The van der Waals surface area contributed by atoms with Gasteiger partial charge in [0.2, 0.25) is 0 Å². The Morgan fingerprint density at radius 2 is 2.10 bits per heavy atom. The smallest absolute Gasteiger partial charge is 0.122 e. The molecule has 3 unspecified atom stereocenters. The molecule has 1 aliphatic heterocycles. The third-order valence-electron chi connectivity index (χ3n) is 5.36. The lowest BCUT2D eigenvalue weighted by Crippen LogP contribution is -2.45. The molecule has 2 aliphatic rings. The van der Waals surface area contributed by atoms with Gasteiger partial charge in [0.05, 0.1) is 12.3 Å². The molecule has 1 saturated heterocycles. The Kier molecular flexibility index (Phi) is 4.47. The van der Waals surface area contributed by atoms with Gasteiger partial charge in [-0.15, -0.1) is 0 Å². The van der Waals surface area contributed by atoms with Crippen LogP contribution in [0.4, 0.5) is 0 Å². The minimum absolute atomic E-state index is 0.170. The summed E-state index contributed by atoms with van der Waals surface area (Å²) in [7, 11) is 0. The van der Waals surface area contributed by atoms with Crippen LogP contribution >= 0.6 is 0 Å². The zero-order valence-electron chi connectivity index (χ0n) is 12.6. The number of nitrogens with two attached hydrogens (primary N) is 1. The van der Waals surface area contributed by atoms with Crippen molar-refractivity contribution in [1.29, 1.82) is 0 Å². The maximum atomic E-state index is 6.45. The highest BCUT2D eigenvalue weighted by Crippen LogP contribution is 2.40. The van der Waals surface area contributed by atoms with E-state index in [1.165, 1.54) is 45.1 Å². The molecular weight excluding hydrogens is 248 g/mol. The highest BCUT2D eigenvalue weighted by molar-refractivity contribution is 5.10. The standard InChI is InChI=1S/C17H28N2O/c1-2-14(18)17(16-10-6-12-20-16)19-11-5-9-15(19)13-7-3-4-8-13/h6,10,12-15,17H,2-5,7-9,11,18H2,1H3. The van der Waals surface area contributed by atoms with E-state index in [1.54, 1.807) is 6.26 Å². The summed E-state index contributed by atoms with van der Waals surface area (Å²) in [6.07, 6.45) is 11.1. The number of likely N-dealkylation sites (tertiary alicyclic amines) is 1. The molecular formula is C17H28N2O. The summed E-state index contributed by atoms with van der Waals surface area (Å²) in [5, 5.41) is 0. The van der Waals surface area contributed by atoms with Gasteiger partial charge in [-0.2, -0.15) is 0 Å². The van der Waals surface area contributed by atoms with Crippen molar-refractivity contribution >= 4 is 0 Å². The van der Waals surface area contributed by atoms with Crippen molar-refractivity contribution in [2.24, 2.45) is 11.7 Å². The van der Waals surface area contributed by atoms with Gasteiger partial charge in [-0.25, -0.2) is 0 Å². The second kappa shape index (κ2) is 6.31. The molecule has 0 amide bonds. The molecule has 3 atom stereocenters. The van der Waals surface area contributed by atoms with E-state index in [2.05, 4.69) is 17.9 Å². The predicted molar refractivity (Wildman–Crippen MR) is 81.4 cm³/mol. The van der Waals surface area contributed by atoms with Crippen LogP contribution in [0.3, 0.4) is 0 Å².